The van der Waals surface area contributed by atoms with Crippen LogP contribution in [0.5, 0.6) is 0 Å². The number of hydrogen-bond donors (Lipinski definition) is 1. The Kier molecular flexibility index (Phi) is 4.37. The standard InChI is InChI=1S/C14H18BrN3O/c1-14(2,3)16-8-7-12-17-18-13(19-12)10-5-4-6-11(15)9-10/h4-6,9,16H,7-8H2,1-3H3. The zero-order valence-corrected chi connectivity index (χ0v) is 13.0. The molecule has 0 unspecified atom stereocenters. The fraction of sp³-hybridized carbons (Fsp3) is 0.429. The summed E-state index contributed by atoms with van der Waals surface area (Å²) in [7, 11) is 0. The minimum Gasteiger partial charge on any atom is -0.421 e. The number of aromatic nitrogens is 2. The molecule has 2 aromatic rings. The summed E-state index contributed by atoms with van der Waals surface area (Å²) in [4.78, 5) is 0. The molecule has 1 aromatic carbocycles. The van der Waals surface area contributed by atoms with E-state index < -0.39 is 0 Å². The van der Waals surface area contributed by atoms with E-state index in [0.717, 1.165) is 23.0 Å². The van der Waals surface area contributed by atoms with Crippen LogP contribution in [0.2, 0.25) is 0 Å². The zero-order valence-electron chi connectivity index (χ0n) is 11.4. The second-order valence-electron chi connectivity index (χ2n) is 5.44. The molecule has 0 saturated carbocycles. The van der Waals surface area contributed by atoms with Gasteiger partial charge in [-0.2, -0.15) is 0 Å². The molecule has 0 amide bonds. The summed E-state index contributed by atoms with van der Waals surface area (Å²) in [6.07, 6.45) is 0.734. The Morgan fingerprint density at radius 3 is 2.74 bits per heavy atom. The van der Waals surface area contributed by atoms with Crippen molar-refractivity contribution in [3.05, 3.63) is 34.6 Å². The summed E-state index contributed by atoms with van der Waals surface area (Å²) >= 11 is 3.43. The first-order valence-corrected chi connectivity index (χ1v) is 7.07. The summed E-state index contributed by atoms with van der Waals surface area (Å²) in [6, 6.07) is 7.83. The lowest BCUT2D eigenvalue weighted by atomic mass is 10.1. The molecule has 0 spiro atoms. The van der Waals surface area contributed by atoms with Crippen molar-refractivity contribution >= 4 is 15.9 Å². The highest BCUT2D eigenvalue weighted by Gasteiger charge is 2.11. The molecule has 1 heterocycles. The van der Waals surface area contributed by atoms with Gasteiger partial charge in [-0.1, -0.05) is 22.0 Å². The van der Waals surface area contributed by atoms with Gasteiger partial charge < -0.3 is 9.73 Å². The van der Waals surface area contributed by atoms with Crippen LogP contribution in [0, 0.1) is 0 Å². The van der Waals surface area contributed by atoms with Crippen molar-refractivity contribution in [2.75, 3.05) is 6.54 Å². The van der Waals surface area contributed by atoms with Crippen LogP contribution in [0.3, 0.4) is 0 Å². The van der Waals surface area contributed by atoms with Crippen molar-refractivity contribution < 1.29 is 4.42 Å². The van der Waals surface area contributed by atoms with Crippen LogP contribution < -0.4 is 5.32 Å². The SMILES string of the molecule is CC(C)(C)NCCc1nnc(-c2cccc(Br)c2)o1. The van der Waals surface area contributed by atoms with E-state index in [9.17, 15) is 0 Å². The number of nitrogens with zero attached hydrogens (tertiary/aromatic N) is 2. The van der Waals surface area contributed by atoms with E-state index >= 15 is 0 Å². The van der Waals surface area contributed by atoms with Crippen LogP contribution >= 0.6 is 15.9 Å². The van der Waals surface area contributed by atoms with Gasteiger partial charge in [-0.3, -0.25) is 0 Å². The van der Waals surface area contributed by atoms with Gasteiger partial charge in [0, 0.05) is 28.5 Å². The molecule has 0 atom stereocenters. The van der Waals surface area contributed by atoms with Gasteiger partial charge in [0.15, 0.2) is 0 Å². The maximum Gasteiger partial charge on any atom is 0.247 e. The number of nitrogens with one attached hydrogen (secondary N) is 1. The Morgan fingerprint density at radius 1 is 1.26 bits per heavy atom. The third kappa shape index (κ3) is 4.44. The molecule has 1 aromatic heterocycles. The predicted molar refractivity (Wildman–Crippen MR) is 78.9 cm³/mol. The lowest BCUT2D eigenvalue weighted by molar-refractivity contribution is 0.412. The third-order valence-electron chi connectivity index (χ3n) is 2.53. The van der Waals surface area contributed by atoms with Gasteiger partial charge >= 0.3 is 0 Å². The zero-order chi connectivity index (χ0) is 13.9. The quantitative estimate of drug-likeness (QED) is 0.936. The normalized spacial score (nSPS) is 11.8. The van der Waals surface area contributed by atoms with Crippen LogP contribution in [0.25, 0.3) is 11.5 Å². The van der Waals surface area contributed by atoms with Crippen LogP contribution in [-0.4, -0.2) is 22.3 Å². The van der Waals surface area contributed by atoms with Gasteiger partial charge in [-0.05, 0) is 39.0 Å². The minimum atomic E-state index is 0.104. The van der Waals surface area contributed by atoms with E-state index in [-0.39, 0.29) is 5.54 Å². The summed E-state index contributed by atoms with van der Waals surface area (Å²) < 4.78 is 6.66. The molecule has 1 N–H and O–H groups in total. The number of rotatable bonds is 4. The van der Waals surface area contributed by atoms with Crippen LogP contribution in [0.1, 0.15) is 26.7 Å². The Balaban J connectivity index is 1.99. The third-order valence-corrected chi connectivity index (χ3v) is 3.03. The van der Waals surface area contributed by atoms with Gasteiger partial charge in [-0.15, -0.1) is 10.2 Å². The van der Waals surface area contributed by atoms with Gasteiger partial charge in [0.2, 0.25) is 11.8 Å². The molecular weight excluding hydrogens is 306 g/mol. The van der Waals surface area contributed by atoms with E-state index in [1.165, 1.54) is 0 Å². The van der Waals surface area contributed by atoms with Gasteiger partial charge in [0.05, 0.1) is 0 Å². The fourth-order valence-electron chi connectivity index (χ4n) is 1.64. The molecule has 0 aliphatic carbocycles. The average molecular weight is 324 g/mol. The highest BCUT2D eigenvalue weighted by atomic mass is 79.9. The highest BCUT2D eigenvalue weighted by Crippen LogP contribution is 2.21. The van der Waals surface area contributed by atoms with Gasteiger partial charge in [-0.25, -0.2) is 0 Å². The number of benzene rings is 1. The molecule has 0 saturated heterocycles. The molecule has 2 rings (SSSR count). The number of hydrogen-bond acceptors (Lipinski definition) is 4. The maximum absolute atomic E-state index is 5.66. The Bertz CT molecular complexity index is 546. The summed E-state index contributed by atoms with van der Waals surface area (Å²) in [6.45, 7) is 7.22. The second kappa shape index (κ2) is 5.84. The molecule has 0 aliphatic heterocycles. The Morgan fingerprint density at radius 2 is 2.05 bits per heavy atom. The average Bonchev–Trinajstić information content (AvgIpc) is 2.76. The molecule has 0 aliphatic rings. The number of halogens is 1. The molecule has 0 bridgehead atoms. The molecule has 0 radical (unpaired) electrons. The monoisotopic (exact) mass is 323 g/mol. The van der Waals surface area contributed by atoms with Crippen molar-refractivity contribution in [3.8, 4) is 11.5 Å². The fourth-order valence-corrected chi connectivity index (χ4v) is 2.04. The van der Waals surface area contributed by atoms with E-state index in [2.05, 4.69) is 52.2 Å². The molecule has 5 heteroatoms. The van der Waals surface area contributed by atoms with Crippen molar-refractivity contribution in [3.63, 3.8) is 0 Å². The predicted octanol–water partition coefficient (Wildman–Crippen LogP) is 3.43. The van der Waals surface area contributed by atoms with E-state index in [1.54, 1.807) is 0 Å². The first-order valence-electron chi connectivity index (χ1n) is 6.27. The van der Waals surface area contributed by atoms with E-state index in [4.69, 9.17) is 4.42 Å². The summed E-state index contributed by atoms with van der Waals surface area (Å²) in [5.41, 5.74) is 1.03. The van der Waals surface area contributed by atoms with Crippen molar-refractivity contribution in [1.29, 1.82) is 0 Å². The smallest absolute Gasteiger partial charge is 0.247 e. The molecule has 0 fully saturated rings. The van der Waals surface area contributed by atoms with Crippen LogP contribution in [0.15, 0.2) is 33.2 Å². The molecule has 4 nitrogen and oxygen atoms in total. The largest absolute Gasteiger partial charge is 0.421 e. The highest BCUT2D eigenvalue weighted by molar-refractivity contribution is 9.10. The van der Waals surface area contributed by atoms with Gasteiger partial charge in [0.1, 0.15) is 0 Å². The van der Waals surface area contributed by atoms with Crippen molar-refractivity contribution in [2.24, 2.45) is 0 Å². The van der Waals surface area contributed by atoms with Crippen LogP contribution in [0.4, 0.5) is 0 Å². The first kappa shape index (κ1) is 14.2. The van der Waals surface area contributed by atoms with E-state index in [1.807, 2.05) is 24.3 Å². The van der Waals surface area contributed by atoms with Crippen molar-refractivity contribution in [2.45, 2.75) is 32.7 Å². The summed E-state index contributed by atoms with van der Waals surface area (Å²) in [5, 5.41) is 11.5. The molecular formula is C14H18BrN3O. The van der Waals surface area contributed by atoms with Gasteiger partial charge in [0.25, 0.3) is 0 Å². The van der Waals surface area contributed by atoms with E-state index in [0.29, 0.717) is 11.8 Å². The lowest BCUT2D eigenvalue weighted by Gasteiger charge is -2.19. The second-order valence-corrected chi connectivity index (χ2v) is 6.35. The minimum absolute atomic E-state index is 0.104. The topological polar surface area (TPSA) is 51.0 Å². The lowest BCUT2D eigenvalue weighted by Crippen LogP contribution is -2.37. The van der Waals surface area contributed by atoms with Crippen LogP contribution in [-0.2, 0) is 6.42 Å². The maximum atomic E-state index is 5.66. The van der Waals surface area contributed by atoms with Crippen molar-refractivity contribution in [1.82, 2.24) is 15.5 Å². The first-order chi connectivity index (χ1) is 8.94. The summed E-state index contributed by atoms with van der Waals surface area (Å²) in [5.74, 6) is 1.22. The Labute approximate surface area is 121 Å². The Hall–Kier alpha value is -1.20. The molecule has 102 valence electrons. The molecule has 19 heavy (non-hydrogen) atoms.